The van der Waals surface area contributed by atoms with Gasteiger partial charge in [0.2, 0.25) is 0 Å². The number of rotatable bonds is 5. The number of nitrogens with one attached hydrogen (secondary N) is 1. The number of nitrogens with zero attached hydrogens (tertiary/aromatic N) is 1. The topological polar surface area (TPSA) is 53.1 Å². The van der Waals surface area contributed by atoms with Gasteiger partial charge in [-0.3, -0.25) is 5.41 Å². The van der Waals surface area contributed by atoms with Gasteiger partial charge in [0, 0.05) is 13.0 Å². The molecule has 60 valence electrons. The Balaban J connectivity index is 3.21. The highest BCUT2D eigenvalue weighted by atomic mass is 15.1. The van der Waals surface area contributed by atoms with Crippen LogP contribution in [0, 0.1) is 5.41 Å². The minimum absolute atomic E-state index is 0.281. The molecule has 0 saturated heterocycles. The van der Waals surface area contributed by atoms with E-state index in [0.29, 0.717) is 6.42 Å². The first-order valence-corrected chi connectivity index (χ1v) is 3.68. The molecule has 0 radical (unpaired) electrons. The van der Waals surface area contributed by atoms with Gasteiger partial charge in [-0.25, -0.2) is 0 Å². The maximum absolute atomic E-state index is 6.97. The summed E-state index contributed by atoms with van der Waals surface area (Å²) in [4.78, 5) is 2.18. The molecule has 0 aliphatic carbocycles. The second-order valence-corrected chi connectivity index (χ2v) is 2.58. The summed E-state index contributed by atoms with van der Waals surface area (Å²) < 4.78 is 0. The maximum atomic E-state index is 6.97. The molecule has 0 spiro atoms. The fraction of sp³-hybridized carbons (Fsp3) is 0.857. The first-order chi connectivity index (χ1) is 4.66. The van der Waals surface area contributed by atoms with Gasteiger partial charge in [0.1, 0.15) is 0 Å². The Hall–Kier alpha value is -0.570. The Morgan fingerprint density at radius 1 is 1.50 bits per heavy atom. The second-order valence-electron chi connectivity index (χ2n) is 2.58. The van der Waals surface area contributed by atoms with Gasteiger partial charge < -0.3 is 10.6 Å². The molecular formula is C7H17N3. The largest absolute Gasteiger partial charge is 0.388 e. The van der Waals surface area contributed by atoms with Crippen molar-refractivity contribution in [3.05, 3.63) is 0 Å². The highest BCUT2D eigenvalue weighted by molar-refractivity contribution is 5.76. The van der Waals surface area contributed by atoms with Crippen molar-refractivity contribution in [3.63, 3.8) is 0 Å². The first kappa shape index (κ1) is 9.43. The number of hydrogen-bond acceptors (Lipinski definition) is 2. The van der Waals surface area contributed by atoms with Crippen molar-refractivity contribution in [2.75, 3.05) is 20.1 Å². The van der Waals surface area contributed by atoms with Crippen LogP contribution in [0.3, 0.4) is 0 Å². The van der Waals surface area contributed by atoms with Gasteiger partial charge in [0.05, 0.1) is 5.84 Å². The van der Waals surface area contributed by atoms with Gasteiger partial charge >= 0.3 is 0 Å². The van der Waals surface area contributed by atoms with E-state index in [1.165, 1.54) is 0 Å². The number of amidine groups is 1. The molecule has 0 aliphatic rings. The lowest BCUT2D eigenvalue weighted by atomic mass is 10.3. The molecule has 0 unspecified atom stereocenters. The summed E-state index contributed by atoms with van der Waals surface area (Å²) in [6.07, 6.45) is 1.85. The molecule has 0 bridgehead atoms. The molecule has 0 saturated carbocycles. The Kier molecular flexibility index (Phi) is 4.94. The van der Waals surface area contributed by atoms with Gasteiger partial charge in [-0.05, 0) is 20.0 Å². The van der Waals surface area contributed by atoms with E-state index < -0.39 is 0 Å². The zero-order valence-electron chi connectivity index (χ0n) is 6.85. The van der Waals surface area contributed by atoms with Crippen molar-refractivity contribution in [1.82, 2.24) is 4.90 Å². The first-order valence-electron chi connectivity index (χ1n) is 3.68. The molecule has 3 N–H and O–H groups in total. The van der Waals surface area contributed by atoms with Crippen molar-refractivity contribution in [3.8, 4) is 0 Å². The monoisotopic (exact) mass is 143 g/mol. The summed E-state index contributed by atoms with van der Waals surface area (Å²) in [5, 5.41) is 6.97. The zero-order valence-corrected chi connectivity index (χ0v) is 6.85. The van der Waals surface area contributed by atoms with Crippen LogP contribution in [0.5, 0.6) is 0 Å². The van der Waals surface area contributed by atoms with Crippen LogP contribution in [-0.2, 0) is 0 Å². The predicted molar refractivity (Wildman–Crippen MR) is 44.3 cm³/mol. The summed E-state index contributed by atoms with van der Waals surface area (Å²) >= 11 is 0. The lowest BCUT2D eigenvalue weighted by molar-refractivity contribution is 0.344. The summed E-state index contributed by atoms with van der Waals surface area (Å²) in [7, 11) is 2.05. The van der Waals surface area contributed by atoms with Gasteiger partial charge in [0.15, 0.2) is 0 Å². The van der Waals surface area contributed by atoms with Crippen LogP contribution in [0.2, 0.25) is 0 Å². The lowest BCUT2D eigenvalue weighted by Crippen LogP contribution is -2.24. The van der Waals surface area contributed by atoms with E-state index >= 15 is 0 Å². The van der Waals surface area contributed by atoms with E-state index in [4.69, 9.17) is 11.1 Å². The van der Waals surface area contributed by atoms with Crippen molar-refractivity contribution in [1.29, 1.82) is 5.41 Å². The molecule has 0 aliphatic heterocycles. The van der Waals surface area contributed by atoms with Crippen LogP contribution in [0.4, 0.5) is 0 Å². The molecule has 0 rings (SSSR count). The lowest BCUT2D eigenvalue weighted by Gasteiger charge is -2.13. The third-order valence-electron chi connectivity index (χ3n) is 1.37. The molecule has 0 amide bonds. The van der Waals surface area contributed by atoms with Gasteiger partial charge in [-0.15, -0.1) is 0 Å². The molecule has 3 heteroatoms. The third kappa shape index (κ3) is 5.56. The third-order valence-corrected chi connectivity index (χ3v) is 1.37. The van der Waals surface area contributed by atoms with Crippen molar-refractivity contribution >= 4 is 5.84 Å². The van der Waals surface area contributed by atoms with Gasteiger partial charge in [-0.1, -0.05) is 6.92 Å². The van der Waals surface area contributed by atoms with Crippen molar-refractivity contribution < 1.29 is 0 Å². The predicted octanol–water partition coefficient (Wildman–Crippen LogP) is 0.654. The molecule has 0 aromatic heterocycles. The van der Waals surface area contributed by atoms with Crippen LogP contribution >= 0.6 is 0 Å². The Morgan fingerprint density at radius 3 is 2.50 bits per heavy atom. The average Bonchev–Trinajstić information content (AvgIpc) is 1.85. The van der Waals surface area contributed by atoms with E-state index in [9.17, 15) is 0 Å². The standard InChI is InChI=1S/C7H17N3/c1-3-5-10(2)6-4-7(8)9/h3-6H2,1-2H3,(H3,8,9). The minimum atomic E-state index is 0.281. The van der Waals surface area contributed by atoms with E-state index in [1.54, 1.807) is 0 Å². The highest BCUT2D eigenvalue weighted by Gasteiger charge is 1.95. The molecule has 0 heterocycles. The summed E-state index contributed by atoms with van der Waals surface area (Å²) in [5.74, 6) is 0.281. The summed E-state index contributed by atoms with van der Waals surface area (Å²) in [6, 6.07) is 0. The van der Waals surface area contributed by atoms with Gasteiger partial charge in [-0.2, -0.15) is 0 Å². The number of nitrogens with two attached hydrogens (primary N) is 1. The van der Waals surface area contributed by atoms with Crippen LogP contribution in [0.1, 0.15) is 19.8 Å². The van der Waals surface area contributed by atoms with E-state index in [2.05, 4.69) is 11.8 Å². The normalized spacial score (nSPS) is 10.3. The quantitative estimate of drug-likeness (QED) is 0.438. The maximum Gasteiger partial charge on any atom is 0.0918 e. The molecule has 0 aromatic rings. The average molecular weight is 143 g/mol. The summed E-state index contributed by atoms with van der Waals surface area (Å²) in [6.45, 7) is 4.14. The smallest absolute Gasteiger partial charge is 0.0918 e. The van der Waals surface area contributed by atoms with E-state index in [1.807, 2.05) is 7.05 Å². The second kappa shape index (κ2) is 5.23. The minimum Gasteiger partial charge on any atom is -0.388 e. The van der Waals surface area contributed by atoms with Crippen molar-refractivity contribution in [2.24, 2.45) is 5.73 Å². The summed E-state index contributed by atoms with van der Waals surface area (Å²) in [5.41, 5.74) is 5.19. The van der Waals surface area contributed by atoms with Crippen LogP contribution in [0.25, 0.3) is 0 Å². The Morgan fingerprint density at radius 2 is 2.10 bits per heavy atom. The van der Waals surface area contributed by atoms with E-state index in [0.717, 1.165) is 19.5 Å². The highest BCUT2D eigenvalue weighted by Crippen LogP contribution is 1.88. The van der Waals surface area contributed by atoms with Gasteiger partial charge in [0.25, 0.3) is 0 Å². The zero-order chi connectivity index (χ0) is 7.98. The van der Waals surface area contributed by atoms with Crippen molar-refractivity contribution in [2.45, 2.75) is 19.8 Å². The Labute approximate surface area is 62.7 Å². The SMILES string of the molecule is CCCN(C)CCC(=N)N. The van der Waals surface area contributed by atoms with Crippen LogP contribution in [0.15, 0.2) is 0 Å². The molecular weight excluding hydrogens is 126 g/mol. The van der Waals surface area contributed by atoms with Crippen LogP contribution < -0.4 is 5.73 Å². The van der Waals surface area contributed by atoms with Crippen LogP contribution in [-0.4, -0.2) is 30.9 Å². The molecule has 0 atom stereocenters. The fourth-order valence-corrected chi connectivity index (χ4v) is 0.805. The molecule has 10 heavy (non-hydrogen) atoms. The van der Waals surface area contributed by atoms with E-state index in [-0.39, 0.29) is 5.84 Å². The number of hydrogen-bond donors (Lipinski definition) is 2. The molecule has 0 aromatic carbocycles. The molecule has 3 nitrogen and oxygen atoms in total. The fourth-order valence-electron chi connectivity index (χ4n) is 0.805. The Bertz CT molecular complexity index is 101. The molecule has 0 fully saturated rings.